The number of rotatable bonds is 4. The van der Waals surface area contributed by atoms with Crippen LogP contribution in [0, 0.1) is 6.92 Å². The summed E-state index contributed by atoms with van der Waals surface area (Å²) in [6.45, 7) is 4.33. The van der Waals surface area contributed by atoms with Crippen LogP contribution in [0.5, 0.6) is 0 Å². The number of furan rings is 1. The third kappa shape index (κ3) is 2.35. The predicted octanol–water partition coefficient (Wildman–Crippen LogP) is 1.91. The summed E-state index contributed by atoms with van der Waals surface area (Å²) in [5.41, 5.74) is 0.898. The highest BCUT2D eigenvalue weighted by atomic mass is 16.5. The molecule has 1 aromatic rings. The average Bonchev–Trinajstić information content (AvgIpc) is 2.49. The van der Waals surface area contributed by atoms with Crippen LogP contribution < -0.4 is 0 Å². The number of carbonyl (C=O) groups is 1. The van der Waals surface area contributed by atoms with Crippen LogP contribution in [0.25, 0.3) is 0 Å². The number of hydrogen-bond acceptors (Lipinski definition) is 4. The zero-order valence-corrected chi connectivity index (χ0v) is 8.62. The lowest BCUT2D eigenvalue weighted by molar-refractivity contribution is 0.0483. The van der Waals surface area contributed by atoms with Gasteiger partial charge in [0.15, 0.2) is 0 Å². The molecule has 0 atom stereocenters. The molecule has 1 aromatic heterocycles. The second-order valence-corrected chi connectivity index (χ2v) is 2.87. The fourth-order valence-electron chi connectivity index (χ4n) is 1.10. The van der Waals surface area contributed by atoms with E-state index < -0.39 is 5.97 Å². The Morgan fingerprint density at radius 2 is 2.29 bits per heavy atom. The zero-order valence-electron chi connectivity index (χ0n) is 8.62. The highest BCUT2D eigenvalue weighted by Crippen LogP contribution is 2.16. The quantitative estimate of drug-likeness (QED) is 0.693. The van der Waals surface area contributed by atoms with Gasteiger partial charge in [0, 0.05) is 7.11 Å². The van der Waals surface area contributed by atoms with Crippen molar-refractivity contribution in [2.75, 3.05) is 13.7 Å². The van der Waals surface area contributed by atoms with Crippen LogP contribution in [0.4, 0.5) is 0 Å². The molecule has 0 saturated heterocycles. The molecule has 0 fully saturated rings. The number of methoxy groups -OCH3 is 1. The van der Waals surface area contributed by atoms with Gasteiger partial charge in [-0.15, -0.1) is 0 Å². The molecule has 0 aliphatic rings. The second-order valence-electron chi connectivity index (χ2n) is 2.87. The molecule has 0 bridgehead atoms. The van der Waals surface area contributed by atoms with Gasteiger partial charge in [-0.3, -0.25) is 0 Å². The van der Waals surface area contributed by atoms with Crippen LogP contribution in [0.3, 0.4) is 0 Å². The average molecular weight is 198 g/mol. The van der Waals surface area contributed by atoms with E-state index in [9.17, 15) is 4.79 Å². The molecular weight excluding hydrogens is 184 g/mol. The first kappa shape index (κ1) is 10.8. The Kier molecular flexibility index (Phi) is 3.71. The monoisotopic (exact) mass is 198 g/mol. The Hall–Kier alpha value is -1.29. The van der Waals surface area contributed by atoms with E-state index in [1.165, 1.54) is 0 Å². The van der Waals surface area contributed by atoms with Gasteiger partial charge < -0.3 is 13.9 Å². The number of hydrogen-bond donors (Lipinski definition) is 0. The molecule has 0 saturated carbocycles. The van der Waals surface area contributed by atoms with Gasteiger partial charge in [0.05, 0.1) is 6.61 Å². The van der Waals surface area contributed by atoms with E-state index in [-0.39, 0.29) is 5.76 Å². The highest BCUT2D eigenvalue weighted by molar-refractivity contribution is 5.86. The Labute approximate surface area is 82.8 Å². The van der Waals surface area contributed by atoms with Gasteiger partial charge in [-0.2, -0.15) is 0 Å². The normalized spacial score (nSPS) is 10.2. The van der Waals surface area contributed by atoms with Crippen LogP contribution in [0.2, 0.25) is 0 Å². The van der Waals surface area contributed by atoms with Crippen LogP contribution >= 0.6 is 0 Å². The highest BCUT2D eigenvalue weighted by Gasteiger charge is 2.14. The first-order chi connectivity index (χ1) is 6.69. The van der Waals surface area contributed by atoms with E-state index in [2.05, 4.69) is 0 Å². The van der Waals surface area contributed by atoms with Gasteiger partial charge in [0.25, 0.3) is 0 Å². The van der Waals surface area contributed by atoms with Crippen molar-refractivity contribution in [1.29, 1.82) is 0 Å². The standard InChI is InChI=1S/C10H14O4/c1-4-13-10(11)8-5-7(2)9(14-8)6-12-3/h5H,4,6H2,1-3H3. The van der Waals surface area contributed by atoms with Gasteiger partial charge in [-0.05, 0) is 25.5 Å². The molecule has 0 amide bonds. The summed E-state index contributed by atoms with van der Waals surface area (Å²) in [6.07, 6.45) is 0. The Balaban J connectivity index is 2.79. The smallest absolute Gasteiger partial charge is 0.374 e. The lowest BCUT2D eigenvalue weighted by Crippen LogP contribution is -2.02. The zero-order chi connectivity index (χ0) is 10.6. The molecule has 0 N–H and O–H groups in total. The molecule has 4 nitrogen and oxygen atoms in total. The van der Waals surface area contributed by atoms with Crippen molar-refractivity contribution in [1.82, 2.24) is 0 Å². The Morgan fingerprint density at radius 3 is 2.86 bits per heavy atom. The van der Waals surface area contributed by atoms with Crippen molar-refractivity contribution >= 4 is 5.97 Å². The molecule has 0 radical (unpaired) electrons. The molecular formula is C10H14O4. The molecule has 14 heavy (non-hydrogen) atoms. The van der Waals surface area contributed by atoms with Crippen LogP contribution in [0.15, 0.2) is 10.5 Å². The first-order valence-electron chi connectivity index (χ1n) is 4.44. The summed E-state index contributed by atoms with van der Waals surface area (Å²) in [6, 6.07) is 1.66. The number of carbonyl (C=O) groups excluding carboxylic acids is 1. The minimum atomic E-state index is -0.432. The lowest BCUT2D eigenvalue weighted by Gasteiger charge is -1.97. The van der Waals surface area contributed by atoms with E-state index in [4.69, 9.17) is 13.9 Å². The first-order valence-corrected chi connectivity index (χ1v) is 4.44. The largest absolute Gasteiger partial charge is 0.460 e. The maximum Gasteiger partial charge on any atom is 0.374 e. The maximum absolute atomic E-state index is 11.3. The van der Waals surface area contributed by atoms with Crippen LogP contribution in [-0.2, 0) is 16.1 Å². The molecule has 1 heterocycles. The topological polar surface area (TPSA) is 48.7 Å². The van der Waals surface area contributed by atoms with Crippen molar-refractivity contribution in [3.8, 4) is 0 Å². The van der Waals surface area contributed by atoms with Gasteiger partial charge in [-0.25, -0.2) is 4.79 Å². The molecule has 0 aromatic carbocycles. The van der Waals surface area contributed by atoms with E-state index in [0.717, 1.165) is 5.56 Å². The van der Waals surface area contributed by atoms with E-state index in [1.54, 1.807) is 20.1 Å². The molecule has 1 rings (SSSR count). The van der Waals surface area contributed by atoms with Crippen LogP contribution in [-0.4, -0.2) is 19.7 Å². The molecule has 4 heteroatoms. The van der Waals surface area contributed by atoms with E-state index in [1.807, 2.05) is 6.92 Å². The molecule has 0 aliphatic carbocycles. The van der Waals surface area contributed by atoms with Gasteiger partial charge >= 0.3 is 5.97 Å². The van der Waals surface area contributed by atoms with Gasteiger partial charge in [0.1, 0.15) is 12.4 Å². The van der Waals surface area contributed by atoms with Crippen molar-refractivity contribution in [3.63, 3.8) is 0 Å². The summed E-state index contributed by atoms with van der Waals surface area (Å²) < 4.78 is 15.0. The number of aryl methyl sites for hydroxylation is 1. The summed E-state index contributed by atoms with van der Waals surface area (Å²) in [5, 5.41) is 0. The van der Waals surface area contributed by atoms with E-state index >= 15 is 0 Å². The summed E-state index contributed by atoms with van der Waals surface area (Å²) in [4.78, 5) is 11.3. The summed E-state index contributed by atoms with van der Waals surface area (Å²) in [5.74, 6) is 0.463. The number of esters is 1. The minimum Gasteiger partial charge on any atom is -0.460 e. The predicted molar refractivity (Wildman–Crippen MR) is 50.1 cm³/mol. The second kappa shape index (κ2) is 4.81. The van der Waals surface area contributed by atoms with E-state index in [0.29, 0.717) is 19.0 Å². The molecule has 0 aliphatic heterocycles. The maximum atomic E-state index is 11.3. The fraction of sp³-hybridized carbons (Fsp3) is 0.500. The van der Waals surface area contributed by atoms with Crippen molar-refractivity contribution < 1.29 is 18.7 Å². The minimum absolute atomic E-state index is 0.233. The summed E-state index contributed by atoms with van der Waals surface area (Å²) >= 11 is 0. The molecule has 0 unspecified atom stereocenters. The van der Waals surface area contributed by atoms with Crippen molar-refractivity contribution in [2.45, 2.75) is 20.5 Å². The third-order valence-corrected chi connectivity index (χ3v) is 1.77. The summed E-state index contributed by atoms with van der Waals surface area (Å²) in [7, 11) is 1.58. The van der Waals surface area contributed by atoms with Crippen LogP contribution in [0.1, 0.15) is 28.8 Å². The lowest BCUT2D eigenvalue weighted by atomic mass is 10.3. The number of ether oxygens (including phenoxy) is 2. The fourth-order valence-corrected chi connectivity index (χ4v) is 1.10. The SMILES string of the molecule is CCOC(=O)c1cc(C)c(COC)o1. The van der Waals surface area contributed by atoms with Crippen molar-refractivity contribution in [2.24, 2.45) is 0 Å². The molecule has 0 spiro atoms. The third-order valence-electron chi connectivity index (χ3n) is 1.77. The molecule has 78 valence electrons. The van der Waals surface area contributed by atoms with Gasteiger partial charge in [-0.1, -0.05) is 0 Å². The Morgan fingerprint density at radius 1 is 1.57 bits per heavy atom. The Bertz CT molecular complexity index is 314. The van der Waals surface area contributed by atoms with Gasteiger partial charge in [0.2, 0.25) is 5.76 Å². The van der Waals surface area contributed by atoms with Crippen molar-refractivity contribution in [3.05, 3.63) is 23.2 Å².